The molecule has 0 saturated heterocycles. The van der Waals surface area contributed by atoms with Crippen LogP contribution in [0.3, 0.4) is 0 Å². The van der Waals surface area contributed by atoms with Gasteiger partial charge in [0.05, 0.1) is 18.3 Å². The summed E-state index contributed by atoms with van der Waals surface area (Å²) < 4.78 is 5.44. The van der Waals surface area contributed by atoms with Gasteiger partial charge in [-0.2, -0.15) is 0 Å². The van der Waals surface area contributed by atoms with Crippen LogP contribution in [0.1, 0.15) is 36.0 Å². The number of rotatable bonds is 3. The Balaban J connectivity index is 2.04. The van der Waals surface area contributed by atoms with Gasteiger partial charge >= 0.3 is 0 Å². The van der Waals surface area contributed by atoms with E-state index in [1.54, 1.807) is 7.11 Å². The van der Waals surface area contributed by atoms with Crippen LogP contribution in [-0.4, -0.2) is 12.1 Å². The number of methoxy groups -OCH3 is 1. The number of hydrogen-bond acceptors (Lipinski definition) is 3. The van der Waals surface area contributed by atoms with Crippen LogP contribution in [0.25, 0.3) is 10.9 Å². The molecule has 0 fully saturated rings. The quantitative estimate of drug-likeness (QED) is 0.691. The molecule has 4 heteroatoms. The monoisotopic (exact) mass is 315 g/mol. The van der Waals surface area contributed by atoms with Crippen LogP contribution in [-0.2, 0) is 11.8 Å². The van der Waals surface area contributed by atoms with Gasteiger partial charge in [0.15, 0.2) is 0 Å². The minimum Gasteiger partial charge on any atom is -0.496 e. The highest BCUT2D eigenvalue weighted by atomic mass is 32.2. The minimum atomic E-state index is 0.256. The molecule has 2 heterocycles. The Bertz CT molecular complexity index is 752. The highest BCUT2D eigenvalue weighted by molar-refractivity contribution is 7.82. The standard InChI is InChI=1S/C18H22N2OS/c1-10(2)15-9-22-18(20-15)14-8-11(3)13-6-7-16(21-5)12(4)17(13)19-14/h6-10,18,20H,1-5H3/p+1. The molecule has 116 valence electrons. The van der Waals surface area contributed by atoms with Crippen molar-refractivity contribution in [2.24, 2.45) is 5.92 Å². The van der Waals surface area contributed by atoms with Crippen LogP contribution < -0.4 is 10.1 Å². The second-order valence-corrected chi connectivity index (χ2v) is 7.16. The van der Waals surface area contributed by atoms with Crippen molar-refractivity contribution in [2.45, 2.75) is 33.1 Å². The van der Waals surface area contributed by atoms with E-state index in [4.69, 9.17) is 9.72 Å². The Morgan fingerprint density at radius 1 is 1.27 bits per heavy atom. The van der Waals surface area contributed by atoms with Gasteiger partial charge in [-0.05, 0) is 43.5 Å². The number of pyridine rings is 1. The van der Waals surface area contributed by atoms with E-state index in [9.17, 15) is 0 Å². The first-order valence-electron chi connectivity index (χ1n) is 7.62. The molecule has 2 aromatic rings. The zero-order valence-electron chi connectivity index (χ0n) is 13.8. The average molecular weight is 315 g/mol. The molecule has 1 aliphatic rings. The van der Waals surface area contributed by atoms with Crippen molar-refractivity contribution in [3.63, 3.8) is 0 Å². The number of aromatic nitrogens is 1. The van der Waals surface area contributed by atoms with Crippen LogP contribution in [0, 0.1) is 19.8 Å². The number of fused-ring (bicyclic) bond motifs is 1. The maximum absolute atomic E-state index is 5.44. The molecule has 0 aliphatic carbocycles. The molecular weight excluding hydrogens is 292 g/mol. The normalized spacial score (nSPS) is 17.7. The van der Waals surface area contributed by atoms with E-state index < -0.39 is 0 Å². The Kier molecular flexibility index (Phi) is 4.04. The first-order valence-corrected chi connectivity index (χ1v) is 8.66. The molecule has 0 amide bonds. The Morgan fingerprint density at radius 3 is 2.68 bits per heavy atom. The number of benzene rings is 1. The van der Waals surface area contributed by atoms with Gasteiger partial charge in [-0.15, -0.1) is 0 Å². The molecule has 1 atom stereocenters. The van der Waals surface area contributed by atoms with Crippen LogP contribution in [0.5, 0.6) is 5.75 Å². The second kappa shape index (κ2) is 5.84. The van der Waals surface area contributed by atoms with E-state index in [2.05, 4.69) is 50.6 Å². The lowest BCUT2D eigenvalue weighted by Crippen LogP contribution is -2.19. The van der Waals surface area contributed by atoms with Crippen molar-refractivity contribution in [3.05, 3.63) is 46.1 Å². The highest BCUT2D eigenvalue weighted by Crippen LogP contribution is 2.31. The van der Waals surface area contributed by atoms with Crippen molar-refractivity contribution in [1.29, 1.82) is 0 Å². The van der Waals surface area contributed by atoms with E-state index in [0.717, 1.165) is 22.5 Å². The van der Waals surface area contributed by atoms with Crippen molar-refractivity contribution < 1.29 is 4.74 Å². The lowest BCUT2D eigenvalue weighted by molar-refractivity contribution is 0.412. The molecule has 1 aromatic heterocycles. The number of allylic oxidation sites excluding steroid dienone is 1. The summed E-state index contributed by atoms with van der Waals surface area (Å²) >= 11 is 1.27. The predicted molar refractivity (Wildman–Crippen MR) is 95.3 cm³/mol. The van der Waals surface area contributed by atoms with Crippen molar-refractivity contribution in [2.75, 3.05) is 7.11 Å². The maximum atomic E-state index is 5.44. The first kappa shape index (κ1) is 15.2. The van der Waals surface area contributed by atoms with Crippen LogP contribution in [0.15, 0.2) is 29.3 Å². The SMILES string of the molecule is COc1ccc2c(C)cc(C3NC(C(C)C)=C[SH+]3)nc2c1C. The number of nitrogens with one attached hydrogen (secondary N) is 1. The number of hydrogen-bond donors (Lipinski definition) is 1. The van der Waals surface area contributed by atoms with Crippen molar-refractivity contribution in [1.82, 2.24) is 10.3 Å². The van der Waals surface area contributed by atoms with Gasteiger partial charge in [-0.3, -0.25) is 0 Å². The lowest BCUT2D eigenvalue weighted by Gasteiger charge is -2.14. The summed E-state index contributed by atoms with van der Waals surface area (Å²) in [7, 11) is 1.71. The fourth-order valence-corrected chi connectivity index (χ4v) is 4.01. The van der Waals surface area contributed by atoms with Crippen LogP contribution in [0.2, 0.25) is 0 Å². The van der Waals surface area contributed by atoms with Gasteiger partial charge in [0.25, 0.3) is 0 Å². The summed E-state index contributed by atoms with van der Waals surface area (Å²) in [6.45, 7) is 8.66. The highest BCUT2D eigenvalue weighted by Gasteiger charge is 2.29. The molecular formula is C18H23N2OS+. The summed E-state index contributed by atoms with van der Waals surface area (Å²) in [6, 6.07) is 6.33. The molecule has 1 aliphatic heterocycles. The van der Waals surface area contributed by atoms with Gasteiger partial charge in [0.1, 0.15) is 16.9 Å². The third-order valence-electron chi connectivity index (χ3n) is 4.20. The summed E-state index contributed by atoms with van der Waals surface area (Å²) in [5.41, 5.74) is 5.84. The summed E-state index contributed by atoms with van der Waals surface area (Å²) in [4.78, 5) is 4.94. The van der Waals surface area contributed by atoms with Gasteiger partial charge in [-0.25, -0.2) is 4.98 Å². The molecule has 3 nitrogen and oxygen atoms in total. The zero-order chi connectivity index (χ0) is 15.9. The molecule has 0 radical (unpaired) electrons. The Morgan fingerprint density at radius 2 is 2.05 bits per heavy atom. The summed E-state index contributed by atoms with van der Waals surface area (Å²) in [5, 5.41) is 7.33. The molecule has 22 heavy (non-hydrogen) atoms. The van der Waals surface area contributed by atoms with E-state index in [0.29, 0.717) is 5.92 Å². The van der Waals surface area contributed by atoms with Gasteiger partial charge in [0, 0.05) is 22.7 Å². The third-order valence-corrected chi connectivity index (χ3v) is 5.32. The van der Waals surface area contributed by atoms with Gasteiger partial charge < -0.3 is 10.1 Å². The first-order chi connectivity index (χ1) is 10.5. The Labute approximate surface area is 136 Å². The maximum Gasteiger partial charge on any atom is 0.233 e. The van der Waals surface area contributed by atoms with Gasteiger partial charge in [-0.1, -0.05) is 13.8 Å². The molecule has 1 N–H and O–H groups in total. The topological polar surface area (TPSA) is 34.1 Å². The second-order valence-electron chi connectivity index (χ2n) is 6.09. The molecule has 3 rings (SSSR count). The fourth-order valence-electron chi connectivity index (χ4n) is 2.82. The number of nitrogens with zero attached hydrogens (tertiary/aromatic N) is 1. The summed E-state index contributed by atoms with van der Waals surface area (Å²) in [6.07, 6.45) is 0. The minimum absolute atomic E-state index is 0.256. The number of ether oxygens (including phenoxy) is 1. The number of thiol groups is 1. The lowest BCUT2D eigenvalue weighted by atomic mass is 10.0. The molecule has 0 saturated carbocycles. The van der Waals surface area contributed by atoms with E-state index in [1.165, 1.54) is 28.4 Å². The van der Waals surface area contributed by atoms with E-state index in [1.807, 2.05) is 6.07 Å². The third kappa shape index (κ3) is 2.56. The van der Waals surface area contributed by atoms with Crippen LogP contribution in [0.4, 0.5) is 0 Å². The Hall–Kier alpha value is -1.68. The fraction of sp³-hybridized carbons (Fsp3) is 0.389. The van der Waals surface area contributed by atoms with Gasteiger partial charge in [0.2, 0.25) is 5.37 Å². The van der Waals surface area contributed by atoms with E-state index in [-0.39, 0.29) is 5.37 Å². The number of aryl methyl sites for hydroxylation is 2. The summed E-state index contributed by atoms with van der Waals surface area (Å²) in [5.74, 6) is 1.43. The largest absolute Gasteiger partial charge is 0.496 e. The predicted octanol–water partition coefficient (Wildman–Crippen LogP) is 3.77. The van der Waals surface area contributed by atoms with Crippen molar-refractivity contribution >= 4 is 22.7 Å². The smallest absolute Gasteiger partial charge is 0.233 e. The molecule has 1 unspecified atom stereocenters. The average Bonchev–Trinajstić information content (AvgIpc) is 2.98. The van der Waals surface area contributed by atoms with Crippen molar-refractivity contribution in [3.8, 4) is 5.75 Å². The molecule has 0 bridgehead atoms. The van der Waals surface area contributed by atoms with E-state index >= 15 is 0 Å². The molecule has 0 spiro atoms. The van der Waals surface area contributed by atoms with Crippen LogP contribution >= 0.6 is 0 Å². The molecule has 1 aromatic carbocycles. The zero-order valence-corrected chi connectivity index (χ0v) is 14.7.